The number of alkyl halides is 6. The molecule has 1 heterocycles. The van der Waals surface area contributed by atoms with Crippen LogP contribution < -0.4 is 0 Å². The van der Waals surface area contributed by atoms with Gasteiger partial charge < -0.3 is 4.57 Å². The Kier molecular flexibility index (Phi) is 4.29. The third-order valence-corrected chi connectivity index (χ3v) is 3.93. The lowest BCUT2D eigenvalue weighted by atomic mass is 10.0. The topological polar surface area (TPSA) is 22.0 Å². The van der Waals surface area contributed by atoms with Gasteiger partial charge in [0.2, 0.25) is 0 Å². The minimum absolute atomic E-state index is 0.0990. The van der Waals surface area contributed by atoms with Crippen LogP contribution >= 0.6 is 0 Å². The molecule has 0 atom stereocenters. The van der Waals surface area contributed by atoms with Gasteiger partial charge in [-0.25, -0.2) is 0 Å². The Morgan fingerprint density at radius 2 is 1.46 bits per heavy atom. The van der Waals surface area contributed by atoms with Gasteiger partial charge in [-0.15, -0.1) is 0 Å². The first-order valence-electron chi connectivity index (χ1n) is 7.40. The fourth-order valence-electron chi connectivity index (χ4n) is 2.72. The zero-order valence-electron chi connectivity index (χ0n) is 13.0. The summed E-state index contributed by atoms with van der Waals surface area (Å²) < 4.78 is 79.2. The van der Waals surface area contributed by atoms with Crippen molar-refractivity contribution in [2.75, 3.05) is 0 Å². The predicted molar refractivity (Wildman–Crippen MR) is 82.9 cm³/mol. The number of halogens is 6. The van der Waals surface area contributed by atoms with E-state index < -0.39 is 23.5 Å². The summed E-state index contributed by atoms with van der Waals surface area (Å²) in [5.41, 5.74) is -1.95. The van der Waals surface area contributed by atoms with Crippen molar-refractivity contribution in [2.24, 2.45) is 0 Å². The third-order valence-electron chi connectivity index (χ3n) is 3.93. The molecule has 26 heavy (non-hydrogen) atoms. The number of benzene rings is 2. The van der Waals surface area contributed by atoms with E-state index in [1.807, 2.05) is 0 Å². The van der Waals surface area contributed by atoms with E-state index in [0.717, 1.165) is 5.39 Å². The number of aldehydes is 1. The predicted octanol–water partition coefficient (Wildman–Crippen LogP) is 5.54. The number of carbonyl (C=O) groups is 1. The van der Waals surface area contributed by atoms with Crippen LogP contribution in [0.25, 0.3) is 10.9 Å². The molecular formula is C18H11F6NO. The molecule has 0 spiro atoms. The summed E-state index contributed by atoms with van der Waals surface area (Å²) in [5.74, 6) is 0. The summed E-state index contributed by atoms with van der Waals surface area (Å²) in [6, 6.07) is 7.93. The fourth-order valence-corrected chi connectivity index (χ4v) is 2.72. The highest BCUT2D eigenvalue weighted by Crippen LogP contribution is 2.36. The number of aromatic nitrogens is 1. The Labute approximate surface area is 143 Å². The van der Waals surface area contributed by atoms with Crippen LogP contribution in [0.2, 0.25) is 0 Å². The molecule has 0 unspecified atom stereocenters. The summed E-state index contributed by atoms with van der Waals surface area (Å²) in [7, 11) is 0. The molecule has 8 heteroatoms. The molecule has 0 aliphatic rings. The molecule has 0 saturated carbocycles. The van der Waals surface area contributed by atoms with Crippen LogP contribution in [0, 0.1) is 0 Å². The van der Waals surface area contributed by atoms with Crippen molar-refractivity contribution >= 4 is 17.2 Å². The lowest BCUT2D eigenvalue weighted by Crippen LogP contribution is -2.12. The van der Waals surface area contributed by atoms with Gasteiger partial charge in [0, 0.05) is 23.8 Å². The second-order valence-corrected chi connectivity index (χ2v) is 5.79. The number of nitrogens with zero attached hydrogens (tertiary/aromatic N) is 1. The van der Waals surface area contributed by atoms with Crippen LogP contribution in [0.5, 0.6) is 0 Å². The highest BCUT2D eigenvalue weighted by molar-refractivity contribution is 5.87. The largest absolute Gasteiger partial charge is 0.416 e. The summed E-state index contributed by atoms with van der Waals surface area (Å²) in [5, 5.41) is 0.721. The first kappa shape index (κ1) is 18.0. The number of hydrogen-bond donors (Lipinski definition) is 0. The molecule has 0 fully saturated rings. The summed E-state index contributed by atoms with van der Waals surface area (Å²) in [6.07, 6.45) is -7.62. The maximum atomic E-state index is 13.0. The van der Waals surface area contributed by atoms with E-state index in [-0.39, 0.29) is 18.2 Å². The molecule has 0 saturated heterocycles. The van der Waals surface area contributed by atoms with Crippen LogP contribution in [-0.2, 0) is 18.9 Å². The molecule has 1 aromatic heterocycles. The van der Waals surface area contributed by atoms with Crippen molar-refractivity contribution in [1.29, 1.82) is 0 Å². The molecule has 3 rings (SSSR count). The van der Waals surface area contributed by atoms with E-state index in [1.165, 1.54) is 10.6 Å². The Bertz CT molecular complexity index is 936. The molecule has 3 aromatic rings. The van der Waals surface area contributed by atoms with Gasteiger partial charge in [0.25, 0.3) is 0 Å². The highest BCUT2D eigenvalue weighted by atomic mass is 19.4. The second kappa shape index (κ2) is 6.19. The average Bonchev–Trinajstić information content (AvgIpc) is 2.95. The maximum Gasteiger partial charge on any atom is 0.416 e. The Morgan fingerprint density at radius 3 is 2.00 bits per heavy atom. The summed E-state index contributed by atoms with van der Waals surface area (Å²) in [4.78, 5) is 10.9. The van der Waals surface area contributed by atoms with Gasteiger partial charge in [-0.1, -0.05) is 12.1 Å². The summed E-state index contributed by atoms with van der Waals surface area (Å²) >= 11 is 0. The van der Waals surface area contributed by atoms with Crippen molar-refractivity contribution in [2.45, 2.75) is 18.9 Å². The zero-order chi connectivity index (χ0) is 19.1. The number of fused-ring (bicyclic) bond motifs is 1. The van der Waals surface area contributed by atoms with E-state index in [2.05, 4.69) is 0 Å². The van der Waals surface area contributed by atoms with Crippen molar-refractivity contribution < 1.29 is 31.1 Å². The number of rotatable bonds is 3. The molecule has 0 aliphatic carbocycles. The minimum atomic E-state index is -4.89. The van der Waals surface area contributed by atoms with Crippen molar-refractivity contribution in [1.82, 2.24) is 4.57 Å². The second-order valence-electron chi connectivity index (χ2n) is 5.79. The Balaban J connectivity index is 2.08. The summed E-state index contributed by atoms with van der Waals surface area (Å²) in [6.45, 7) is -0.196. The van der Waals surface area contributed by atoms with Gasteiger partial charge in [0.15, 0.2) is 0 Å². The van der Waals surface area contributed by atoms with Gasteiger partial charge in [0.1, 0.15) is 6.29 Å². The molecule has 0 aliphatic heterocycles. The first-order valence-corrected chi connectivity index (χ1v) is 7.40. The third kappa shape index (κ3) is 3.58. The van der Waals surface area contributed by atoms with E-state index >= 15 is 0 Å². The number of hydrogen-bond acceptors (Lipinski definition) is 1. The van der Waals surface area contributed by atoms with Gasteiger partial charge >= 0.3 is 12.4 Å². The molecule has 2 nitrogen and oxygen atoms in total. The lowest BCUT2D eigenvalue weighted by molar-refractivity contribution is -0.143. The van der Waals surface area contributed by atoms with Gasteiger partial charge in [0.05, 0.1) is 11.1 Å². The Hall–Kier alpha value is -2.77. The fraction of sp³-hybridized carbons (Fsp3) is 0.167. The highest BCUT2D eigenvalue weighted by Gasteiger charge is 2.36. The van der Waals surface area contributed by atoms with E-state index in [0.29, 0.717) is 29.5 Å². The lowest BCUT2D eigenvalue weighted by Gasteiger charge is -2.15. The quantitative estimate of drug-likeness (QED) is 0.438. The van der Waals surface area contributed by atoms with Crippen LogP contribution in [0.1, 0.15) is 27.0 Å². The van der Waals surface area contributed by atoms with Gasteiger partial charge in [-0.3, -0.25) is 4.79 Å². The average molecular weight is 371 g/mol. The van der Waals surface area contributed by atoms with Crippen LogP contribution in [-0.4, -0.2) is 10.9 Å². The van der Waals surface area contributed by atoms with E-state index in [9.17, 15) is 31.1 Å². The van der Waals surface area contributed by atoms with E-state index in [1.54, 1.807) is 24.4 Å². The standard InChI is InChI=1S/C18H11F6NO/c19-17(20,21)14-5-12(6-15(8-14)18(22,23)24)9-25-4-3-13-2-1-11(10-26)7-16(13)25/h1-8,10H,9H2. The van der Waals surface area contributed by atoms with Crippen molar-refractivity contribution in [3.8, 4) is 0 Å². The number of carbonyl (C=O) groups excluding carboxylic acids is 1. The Morgan fingerprint density at radius 1 is 0.846 bits per heavy atom. The van der Waals surface area contributed by atoms with E-state index in [4.69, 9.17) is 0 Å². The maximum absolute atomic E-state index is 13.0. The van der Waals surface area contributed by atoms with Gasteiger partial charge in [-0.05, 0) is 41.3 Å². The molecule has 2 aromatic carbocycles. The van der Waals surface area contributed by atoms with Crippen LogP contribution in [0.4, 0.5) is 26.3 Å². The molecule has 136 valence electrons. The molecule has 0 radical (unpaired) electrons. The molecule has 0 N–H and O–H groups in total. The molecule has 0 amide bonds. The molecule has 0 bridgehead atoms. The first-order chi connectivity index (χ1) is 12.1. The van der Waals surface area contributed by atoms with Crippen LogP contribution in [0.3, 0.4) is 0 Å². The zero-order valence-corrected chi connectivity index (χ0v) is 13.0. The smallest absolute Gasteiger partial charge is 0.343 e. The SMILES string of the molecule is O=Cc1ccc2ccn(Cc3cc(C(F)(F)F)cc(C(F)(F)F)c3)c2c1. The normalized spacial score (nSPS) is 12.5. The van der Waals surface area contributed by atoms with Gasteiger partial charge in [-0.2, -0.15) is 26.3 Å². The minimum Gasteiger partial charge on any atom is -0.343 e. The van der Waals surface area contributed by atoms with Crippen molar-refractivity contribution in [3.63, 3.8) is 0 Å². The molecular weight excluding hydrogens is 360 g/mol. The van der Waals surface area contributed by atoms with Crippen molar-refractivity contribution in [3.05, 3.63) is 70.9 Å². The monoisotopic (exact) mass is 371 g/mol. The van der Waals surface area contributed by atoms with Crippen LogP contribution in [0.15, 0.2) is 48.7 Å².